The summed E-state index contributed by atoms with van der Waals surface area (Å²) in [5.74, 6) is 1.15. The molecular weight excluding hydrogens is 176 g/mol. The summed E-state index contributed by atoms with van der Waals surface area (Å²) >= 11 is 0. The molecule has 1 saturated heterocycles. The number of hydrogen-bond donors (Lipinski definition) is 1. The third-order valence-corrected chi connectivity index (χ3v) is 2.74. The Morgan fingerprint density at radius 2 is 2.50 bits per heavy atom. The zero-order valence-corrected chi connectivity index (χ0v) is 8.90. The van der Waals surface area contributed by atoms with Crippen LogP contribution in [0.1, 0.15) is 12.7 Å². The smallest absolute Gasteiger partial charge is 0.122 e. The maximum atomic E-state index is 4.34. The lowest BCUT2D eigenvalue weighted by Crippen LogP contribution is -2.48. The fourth-order valence-electron chi connectivity index (χ4n) is 1.90. The Hall–Kier alpha value is -0.870. The predicted octanol–water partition coefficient (Wildman–Crippen LogP) is 0.214. The second-order valence-corrected chi connectivity index (χ2v) is 4.04. The van der Waals surface area contributed by atoms with Gasteiger partial charge in [0.25, 0.3) is 0 Å². The van der Waals surface area contributed by atoms with Crippen molar-refractivity contribution in [1.29, 1.82) is 0 Å². The van der Waals surface area contributed by atoms with E-state index in [4.69, 9.17) is 0 Å². The first-order chi connectivity index (χ1) is 6.75. The van der Waals surface area contributed by atoms with Crippen LogP contribution in [0.2, 0.25) is 0 Å². The van der Waals surface area contributed by atoms with Crippen LogP contribution in [0.25, 0.3) is 0 Å². The molecular formula is C10H18N4. The number of aryl methyl sites for hydroxylation is 1. The summed E-state index contributed by atoms with van der Waals surface area (Å²) in [6.45, 7) is 6.52. The maximum Gasteiger partial charge on any atom is 0.122 e. The molecule has 0 unspecified atom stereocenters. The number of aromatic nitrogens is 2. The number of nitrogens with one attached hydrogen (secondary N) is 1. The lowest BCUT2D eigenvalue weighted by atomic mass is 10.2. The maximum absolute atomic E-state index is 4.34. The van der Waals surface area contributed by atoms with Crippen LogP contribution in [0.5, 0.6) is 0 Å². The molecule has 1 N–H and O–H groups in total. The molecule has 0 radical (unpaired) electrons. The van der Waals surface area contributed by atoms with Crippen LogP contribution < -0.4 is 5.32 Å². The predicted molar refractivity (Wildman–Crippen MR) is 55.9 cm³/mol. The fourth-order valence-corrected chi connectivity index (χ4v) is 1.90. The van der Waals surface area contributed by atoms with Crippen molar-refractivity contribution in [1.82, 2.24) is 19.8 Å². The monoisotopic (exact) mass is 194 g/mol. The standard InChI is InChI=1S/C10H18N4/c1-9-7-14(6-4-11-9)8-10-12-3-5-13(10)2/h3,5,9,11H,4,6-8H2,1-2H3/t9-/m0/s1. The van der Waals surface area contributed by atoms with Gasteiger partial charge in [0.05, 0.1) is 6.54 Å². The summed E-state index contributed by atoms with van der Waals surface area (Å²) in [4.78, 5) is 6.78. The minimum Gasteiger partial charge on any atom is -0.337 e. The van der Waals surface area contributed by atoms with Gasteiger partial charge in [0.15, 0.2) is 0 Å². The van der Waals surface area contributed by atoms with E-state index in [1.54, 1.807) is 0 Å². The lowest BCUT2D eigenvalue weighted by Gasteiger charge is -2.31. The number of nitrogens with zero attached hydrogens (tertiary/aromatic N) is 3. The Balaban J connectivity index is 1.94. The average Bonchev–Trinajstić information content (AvgIpc) is 2.52. The third kappa shape index (κ3) is 2.13. The van der Waals surface area contributed by atoms with Gasteiger partial charge in [-0.15, -0.1) is 0 Å². The highest BCUT2D eigenvalue weighted by molar-refractivity contribution is 4.92. The number of hydrogen-bond acceptors (Lipinski definition) is 3. The molecule has 0 bridgehead atoms. The van der Waals surface area contributed by atoms with Crippen molar-refractivity contribution in [3.8, 4) is 0 Å². The Bertz CT molecular complexity index is 294. The number of rotatable bonds is 2. The van der Waals surface area contributed by atoms with Gasteiger partial charge in [0.1, 0.15) is 5.82 Å². The van der Waals surface area contributed by atoms with Crippen molar-refractivity contribution in [3.05, 3.63) is 18.2 Å². The Morgan fingerprint density at radius 1 is 1.64 bits per heavy atom. The summed E-state index contributed by atoms with van der Waals surface area (Å²) in [6.07, 6.45) is 3.86. The van der Waals surface area contributed by atoms with E-state index in [1.807, 2.05) is 19.4 Å². The van der Waals surface area contributed by atoms with Crippen LogP contribution in [0, 0.1) is 0 Å². The van der Waals surface area contributed by atoms with Gasteiger partial charge >= 0.3 is 0 Å². The van der Waals surface area contributed by atoms with E-state index in [1.165, 1.54) is 0 Å². The first-order valence-corrected chi connectivity index (χ1v) is 5.17. The highest BCUT2D eigenvalue weighted by atomic mass is 15.2. The van der Waals surface area contributed by atoms with Crippen LogP contribution in [0.4, 0.5) is 0 Å². The molecule has 1 aromatic heterocycles. The molecule has 1 aromatic rings. The minimum atomic E-state index is 0.601. The Kier molecular flexibility index (Phi) is 2.84. The van der Waals surface area contributed by atoms with E-state index in [-0.39, 0.29) is 0 Å². The first kappa shape index (κ1) is 9.68. The van der Waals surface area contributed by atoms with E-state index in [0.29, 0.717) is 6.04 Å². The van der Waals surface area contributed by atoms with Gasteiger partial charge in [-0.05, 0) is 6.92 Å². The normalized spacial score (nSPS) is 24.0. The molecule has 2 rings (SSSR count). The molecule has 0 aromatic carbocycles. The molecule has 0 amide bonds. The first-order valence-electron chi connectivity index (χ1n) is 5.17. The molecule has 1 atom stereocenters. The van der Waals surface area contributed by atoms with Crippen LogP contribution >= 0.6 is 0 Å². The zero-order chi connectivity index (χ0) is 9.97. The molecule has 1 aliphatic rings. The van der Waals surface area contributed by atoms with E-state index in [9.17, 15) is 0 Å². The van der Waals surface area contributed by atoms with E-state index in [0.717, 1.165) is 32.0 Å². The lowest BCUT2D eigenvalue weighted by molar-refractivity contribution is 0.194. The van der Waals surface area contributed by atoms with E-state index >= 15 is 0 Å². The molecule has 1 fully saturated rings. The zero-order valence-electron chi connectivity index (χ0n) is 8.90. The minimum absolute atomic E-state index is 0.601. The molecule has 4 nitrogen and oxygen atoms in total. The summed E-state index contributed by atoms with van der Waals surface area (Å²) in [5.41, 5.74) is 0. The molecule has 0 aliphatic carbocycles. The van der Waals surface area contributed by atoms with Crippen molar-refractivity contribution >= 4 is 0 Å². The molecule has 14 heavy (non-hydrogen) atoms. The van der Waals surface area contributed by atoms with Gasteiger partial charge in [-0.2, -0.15) is 0 Å². The number of piperazine rings is 1. The van der Waals surface area contributed by atoms with Crippen molar-refractivity contribution in [2.24, 2.45) is 7.05 Å². The van der Waals surface area contributed by atoms with Gasteiger partial charge < -0.3 is 9.88 Å². The fraction of sp³-hybridized carbons (Fsp3) is 0.700. The van der Waals surface area contributed by atoms with Gasteiger partial charge in [0, 0.05) is 45.1 Å². The van der Waals surface area contributed by atoms with Gasteiger partial charge in [-0.1, -0.05) is 0 Å². The second kappa shape index (κ2) is 4.11. The average molecular weight is 194 g/mol. The summed E-state index contributed by atoms with van der Waals surface area (Å²) in [5, 5.41) is 3.44. The van der Waals surface area contributed by atoms with Gasteiger partial charge in [0.2, 0.25) is 0 Å². The van der Waals surface area contributed by atoms with Crippen LogP contribution in [0.3, 0.4) is 0 Å². The quantitative estimate of drug-likeness (QED) is 0.731. The van der Waals surface area contributed by atoms with Crippen molar-refractivity contribution in [2.45, 2.75) is 19.5 Å². The molecule has 78 valence electrons. The second-order valence-electron chi connectivity index (χ2n) is 4.04. The van der Waals surface area contributed by atoms with Gasteiger partial charge in [-0.3, -0.25) is 4.90 Å². The summed E-state index contributed by atoms with van der Waals surface area (Å²) < 4.78 is 2.09. The number of imidazole rings is 1. The van der Waals surface area contributed by atoms with Crippen LogP contribution in [0.15, 0.2) is 12.4 Å². The Morgan fingerprint density at radius 3 is 3.14 bits per heavy atom. The SMILES string of the molecule is C[C@H]1CN(Cc2nccn2C)CCN1. The molecule has 0 saturated carbocycles. The molecule has 4 heteroatoms. The largest absolute Gasteiger partial charge is 0.337 e. The van der Waals surface area contributed by atoms with E-state index < -0.39 is 0 Å². The molecule has 1 aliphatic heterocycles. The Labute approximate surface area is 84.9 Å². The highest BCUT2D eigenvalue weighted by Crippen LogP contribution is 2.04. The highest BCUT2D eigenvalue weighted by Gasteiger charge is 2.16. The van der Waals surface area contributed by atoms with Gasteiger partial charge in [-0.25, -0.2) is 4.98 Å². The topological polar surface area (TPSA) is 33.1 Å². The summed E-state index contributed by atoms with van der Waals surface area (Å²) in [7, 11) is 2.05. The van der Waals surface area contributed by atoms with E-state index in [2.05, 4.69) is 26.7 Å². The van der Waals surface area contributed by atoms with Crippen molar-refractivity contribution in [3.63, 3.8) is 0 Å². The van der Waals surface area contributed by atoms with Crippen molar-refractivity contribution in [2.75, 3.05) is 19.6 Å². The summed E-state index contributed by atoms with van der Waals surface area (Å²) in [6, 6.07) is 0.601. The molecule has 0 spiro atoms. The third-order valence-electron chi connectivity index (χ3n) is 2.74. The van der Waals surface area contributed by atoms with Crippen LogP contribution in [-0.4, -0.2) is 40.1 Å². The molecule has 2 heterocycles. The van der Waals surface area contributed by atoms with Crippen molar-refractivity contribution < 1.29 is 0 Å². The van der Waals surface area contributed by atoms with Crippen LogP contribution in [-0.2, 0) is 13.6 Å².